The molecule has 8 heteroatoms. The van der Waals surface area contributed by atoms with Gasteiger partial charge in [-0.1, -0.05) is 41.9 Å². The molecule has 1 aliphatic heterocycles. The second-order valence-corrected chi connectivity index (χ2v) is 7.49. The Hall–Kier alpha value is -2.77. The first-order chi connectivity index (χ1) is 14.0. The van der Waals surface area contributed by atoms with Crippen LogP contribution in [0.4, 0.5) is 0 Å². The van der Waals surface area contributed by atoms with E-state index in [1.54, 1.807) is 18.2 Å². The minimum atomic E-state index is -0.419. The third-order valence-corrected chi connectivity index (χ3v) is 4.94. The molecule has 0 atom stereocenters. The number of carbonyl (C=O) groups excluding carboxylic acids is 2. The molecular formula is C21H19ClN2O4S. The van der Waals surface area contributed by atoms with Gasteiger partial charge in [0, 0.05) is 6.92 Å². The standard InChI is InChI=1S/C21H19ClN2O4S/c1-3-27-17-10-15(11-18-20(26)24-21(29-18)23-13(2)25)9-16(22)19(17)28-12-14-7-5-4-6-8-14/h4-11H,3,12H2,1-2H3,(H,23,24,25,26)/b18-11+. The van der Waals surface area contributed by atoms with Gasteiger partial charge >= 0.3 is 0 Å². The minimum absolute atomic E-state index is 0.257. The van der Waals surface area contributed by atoms with Gasteiger partial charge in [0.15, 0.2) is 16.7 Å². The summed E-state index contributed by atoms with van der Waals surface area (Å²) in [6.07, 6.45) is 1.65. The summed E-state index contributed by atoms with van der Waals surface area (Å²) in [5, 5.41) is 3.14. The molecule has 0 saturated heterocycles. The third-order valence-electron chi connectivity index (χ3n) is 3.76. The van der Waals surface area contributed by atoms with Crippen molar-refractivity contribution in [2.45, 2.75) is 20.5 Å². The van der Waals surface area contributed by atoms with Crippen molar-refractivity contribution in [2.24, 2.45) is 4.99 Å². The number of hydrogen-bond acceptors (Lipinski definition) is 5. The summed E-state index contributed by atoms with van der Waals surface area (Å²) in [6.45, 7) is 4.01. The highest BCUT2D eigenvalue weighted by Gasteiger charge is 2.23. The van der Waals surface area contributed by atoms with Crippen LogP contribution in [0.1, 0.15) is 25.0 Å². The first kappa shape index (κ1) is 21.0. The van der Waals surface area contributed by atoms with E-state index < -0.39 is 5.91 Å². The number of thioether (sulfide) groups is 1. The monoisotopic (exact) mass is 430 g/mol. The average Bonchev–Trinajstić information content (AvgIpc) is 3.00. The Kier molecular flexibility index (Phi) is 6.95. The van der Waals surface area contributed by atoms with E-state index in [4.69, 9.17) is 21.1 Å². The number of amides is 2. The second kappa shape index (κ2) is 9.62. The van der Waals surface area contributed by atoms with Crippen molar-refractivity contribution < 1.29 is 19.1 Å². The SMILES string of the molecule is CCOc1cc(/C=C2/SC(NC(C)=O)=NC2=O)cc(Cl)c1OCc1ccccc1. The lowest BCUT2D eigenvalue weighted by atomic mass is 10.1. The van der Waals surface area contributed by atoms with E-state index in [0.29, 0.717) is 40.2 Å². The molecule has 0 spiro atoms. The second-order valence-electron chi connectivity index (χ2n) is 6.05. The van der Waals surface area contributed by atoms with Gasteiger partial charge in [0.2, 0.25) is 5.91 Å². The van der Waals surface area contributed by atoms with Crippen LogP contribution in [-0.2, 0) is 16.2 Å². The number of rotatable bonds is 6. The van der Waals surface area contributed by atoms with Gasteiger partial charge in [0.25, 0.3) is 5.91 Å². The molecule has 0 aliphatic carbocycles. The van der Waals surface area contributed by atoms with E-state index in [1.807, 2.05) is 37.3 Å². The molecule has 1 aliphatic rings. The highest BCUT2D eigenvalue weighted by Crippen LogP contribution is 2.38. The lowest BCUT2D eigenvalue weighted by Gasteiger charge is -2.14. The molecule has 0 aromatic heterocycles. The predicted molar refractivity (Wildman–Crippen MR) is 115 cm³/mol. The largest absolute Gasteiger partial charge is 0.490 e. The van der Waals surface area contributed by atoms with E-state index in [-0.39, 0.29) is 11.1 Å². The van der Waals surface area contributed by atoms with Crippen molar-refractivity contribution in [1.82, 2.24) is 5.32 Å². The third kappa shape index (κ3) is 5.62. The van der Waals surface area contributed by atoms with E-state index in [0.717, 1.165) is 17.3 Å². The van der Waals surface area contributed by atoms with Gasteiger partial charge in [-0.05, 0) is 48.0 Å². The number of amidine groups is 1. The Morgan fingerprint density at radius 2 is 2.00 bits per heavy atom. The summed E-state index contributed by atoms with van der Waals surface area (Å²) in [7, 11) is 0. The van der Waals surface area contributed by atoms with Crippen molar-refractivity contribution >= 4 is 46.4 Å². The number of hydrogen-bond donors (Lipinski definition) is 1. The number of nitrogens with one attached hydrogen (secondary N) is 1. The molecule has 2 amide bonds. The Balaban J connectivity index is 1.82. The predicted octanol–water partition coefficient (Wildman–Crippen LogP) is 4.42. The topological polar surface area (TPSA) is 77.0 Å². The van der Waals surface area contributed by atoms with Gasteiger partial charge in [0.1, 0.15) is 6.61 Å². The van der Waals surface area contributed by atoms with Crippen LogP contribution in [0, 0.1) is 0 Å². The highest BCUT2D eigenvalue weighted by atomic mass is 35.5. The number of carbonyl (C=O) groups is 2. The van der Waals surface area contributed by atoms with E-state index in [2.05, 4.69) is 10.3 Å². The molecule has 1 N–H and O–H groups in total. The maximum Gasteiger partial charge on any atom is 0.286 e. The van der Waals surface area contributed by atoms with Crippen LogP contribution in [0.2, 0.25) is 5.02 Å². The Bertz CT molecular complexity index is 990. The molecule has 6 nitrogen and oxygen atoms in total. The lowest BCUT2D eigenvalue weighted by molar-refractivity contribution is -0.117. The van der Waals surface area contributed by atoms with Gasteiger partial charge in [-0.15, -0.1) is 0 Å². The first-order valence-electron chi connectivity index (χ1n) is 8.89. The molecule has 0 radical (unpaired) electrons. The molecule has 0 fully saturated rings. The summed E-state index contributed by atoms with van der Waals surface area (Å²) >= 11 is 7.54. The van der Waals surface area contributed by atoms with Gasteiger partial charge in [-0.2, -0.15) is 4.99 Å². The van der Waals surface area contributed by atoms with Gasteiger partial charge in [-0.3, -0.25) is 9.59 Å². The molecule has 0 bridgehead atoms. The molecule has 2 aromatic rings. The zero-order valence-electron chi connectivity index (χ0n) is 15.9. The van der Waals surface area contributed by atoms with Gasteiger partial charge in [0.05, 0.1) is 16.5 Å². The molecule has 29 heavy (non-hydrogen) atoms. The van der Waals surface area contributed by atoms with Crippen LogP contribution in [0.5, 0.6) is 11.5 Å². The number of halogens is 1. The zero-order chi connectivity index (χ0) is 20.8. The van der Waals surface area contributed by atoms with Crippen molar-refractivity contribution in [1.29, 1.82) is 0 Å². The quantitative estimate of drug-likeness (QED) is 0.686. The number of benzene rings is 2. The lowest BCUT2D eigenvalue weighted by Crippen LogP contribution is -2.23. The Labute approximate surface area is 177 Å². The molecule has 150 valence electrons. The van der Waals surface area contributed by atoms with Crippen LogP contribution in [0.3, 0.4) is 0 Å². The summed E-state index contributed by atoms with van der Waals surface area (Å²) in [5.41, 5.74) is 1.67. The Morgan fingerprint density at radius 1 is 1.24 bits per heavy atom. The fourth-order valence-corrected chi connectivity index (χ4v) is 3.70. The molecule has 1 heterocycles. The molecular weight excluding hydrogens is 412 g/mol. The molecule has 2 aromatic carbocycles. The molecule has 3 rings (SSSR count). The smallest absolute Gasteiger partial charge is 0.286 e. The minimum Gasteiger partial charge on any atom is -0.490 e. The van der Waals surface area contributed by atoms with Crippen LogP contribution in [0.25, 0.3) is 6.08 Å². The fraction of sp³-hybridized carbons (Fsp3) is 0.190. The van der Waals surface area contributed by atoms with Crippen LogP contribution in [-0.4, -0.2) is 23.6 Å². The maximum absolute atomic E-state index is 12.1. The van der Waals surface area contributed by atoms with Crippen LogP contribution in [0.15, 0.2) is 52.4 Å². The average molecular weight is 431 g/mol. The van der Waals surface area contributed by atoms with E-state index in [9.17, 15) is 9.59 Å². The Morgan fingerprint density at radius 3 is 2.69 bits per heavy atom. The summed E-state index contributed by atoms with van der Waals surface area (Å²) < 4.78 is 11.6. The van der Waals surface area contributed by atoms with E-state index >= 15 is 0 Å². The van der Waals surface area contributed by atoms with Gasteiger partial charge in [-0.25, -0.2) is 0 Å². The number of nitrogens with zero attached hydrogens (tertiary/aromatic N) is 1. The zero-order valence-corrected chi connectivity index (χ0v) is 17.5. The van der Waals surface area contributed by atoms with Crippen molar-refractivity contribution in [3.8, 4) is 11.5 Å². The molecule has 0 unspecified atom stereocenters. The first-order valence-corrected chi connectivity index (χ1v) is 10.1. The summed E-state index contributed by atoms with van der Waals surface area (Å²) in [6, 6.07) is 13.2. The van der Waals surface area contributed by atoms with Crippen molar-refractivity contribution in [3.05, 3.63) is 63.5 Å². The van der Waals surface area contributed by atoms with E-state index in [1.165, 1.54) is 6.92 Å². The number of aliphatic imine (C=N–C) groups is 1. The van der Waals surface area contributed by atoms with Gasteiger partial charge < -0.3 is 14.8 Å². The summed E-state index contributed by atoms with van der Waals surface area (Å²) in [4.78, 5) is 27.4. The molecule has 0 saturated carbocycles. The summed E-state index contributed by atoms with van der Waals surface area (Å²) in [5.74, 6) is 0.227. The van der Waals surface area contributed by atoms with Crippen molar-refractivity contribution in [3.63, 3.8) is 0 Å². The highest BCUT2D eigenvalue weighted by molar-refractivity contribution is 8.18. The maximum atomic E-state index is 12.1. The number of ether oxygens (including phenoxy) is 2. The van der Waals surface area contributed by atoms with Crippen LogP contribution >= 0.6 is 23.4 Å². The van der Waals surface area contributed by atoms with Crippen LogP contribution < -0.4 is 14.8 Å². The normalized spacial score (nSPS) is 14.7. The fourth-order valence-electron chi connectivity index (χ4n) is 2.57. The van der Waals surface area contributed by atoms with Crippen molar-refractivity contribution in [2.75, 3.05) is 6.61 Å².